The van der Waals surface area contributed by atoms with E-state index < -0.39 is 0 Å². The second-order valence-electron chi connectivity index (χ2n) is 6.94. The van der Waals surface area contributed by atoms with Crippen molar-refractivity contribution in [2.75, 3.05) is 26.2 Å². The number of nitrogens with one attached hydrogen (secondary N) is 1. The number of furan rings is 1. The first kappa shape index (κ1) is 18.4. The lowest BCUT2D eigenvalue weighted by atomic mass is 10.1. The molecule has 1 aliphatic heterocycles. The third-order valence-corrected chi connectivity index (χ3v) is 4.95. The van der Waals surface area contributed by atoms with Crippen LogP contribution in [0.15, 0.2) is 53.1 Å². The highest BCUT2D eigenvalue weighted by atomic mass is 19.1. The smallest absolute Gasteiger partial charge is 0.270 e. The summed E-state index contributed by atoms with van der Waals surface area (Å²) in [5, 5.41) is 7.48. The molecule has 1 aromatic carbocycles. The number of aromatic nitrogens is 2. The van der Waals surface area contributed by atoms with Crippen molar-refractivity contribution in [2.24, 2.45) is 0 Å². The summed E-state index contributed by atoms with van der Waals surface area (Å²) in [6.07, 6.45) is 5.29. The number of benzene rings is 1. The van der Waals surface area contributed by atoms with E-state index in [-0.39, 0.29) is 11.7 Å². The van der Waals surface area contributed by atoms with E-state index in [1.807, 2.05) is 0 Å². The van der Waals surface area contributed by atoms with E-state index >= 15 is 0 Å². The number of hydrogen-bond acceptors (Lipinski definition) is 4. The molecule has 7 heteroatoms. The monoisotopic (exact) mass is 382 g/mol. The summed E-state index contributed by atoms with van der Waals surface area (Å²) in [7, 11) is 0. The maximum atomic E-state index is 13.3. The average Bonchev–Trinajstić information content (AvgIpc) is 3.39. The average molecular weight is 382 g/mol. The number of amides is 1. The molecule has 0 atom stereocenters. The first-order valence-corrected chi connectivity index (χ1v) is 9.61. The Bertz CT molecular complexity index is 913. The summed E-state index contributed by atoms with van der Waals surface area (Å²) in [4.78, 5) is 15.2. The highest BCUT2D eigenvalue weighted by Gasteiger charge is 2.19. The van der Waals surface area contributed by atoms with Crippen LogP contribution in [-0.4, -0.2) is 46.8 Å². The van der Waals surface area contributed by atoms with Gasteiger partial charge in [0.05, 0.1) is 12.0 Å². The highest BCUT2D eigenvalue weighted by molar-refractivity contribution is 5.94. The minimum absolute atomic E-state index is 0.216. The number of rotatable bonds is 6. The van der Waals surface area contributed by atoms with Gasteiger partial charge in [-0.05, 0) is 62.3 Å². The minimum atomic E-state index is -0.338. The molecule has 146 valence electrons. The fourth-order valence-electron chi connectivity index (χ4n) is 3.47. The van der Waals surface area contributed by atoms with Crippen molar-refractivity contribution < 1.29 is 13.6 Å². The van der Waals surface area contributed by atoms with Gasteiger partial charge in [-0.3, -0.25) is 4.79 Å². The third kappa shape index (κ3) is 4.14. The van der Waals surface area contributed by atoms with Gasteiger partial charge in [0.15, 0.2) is 5.76 Å². The van der Waals surface area contributed by atoms with E-state index in [2.05, 4.69) is 15.3 Å². The topological polar surface area (TPSA) is 63.3 Å². The van der Waals surface area contributed by atoms with Gasteiger partial charge in [-0.15, -0.1) is 0 Å². The third-order valence-electron chi connectivity index (χ3n) is 4.95. The molecule has 1 saturated heterocycles. The van der Waals surface area contributed by atoms with E-state index in [0.717, 1.165) is 19.6 Å². The van der Waals surface area contributed by atoms with Crippen LogP contribution in [0, 0.1) is 5.82 Å². The van der Waals surface area contributed by atoms with Crippen LogP contribution >= 0.6 is 0 Å². The Morgan fingerprint density at radius 3 is 2.64 bits per heavy atom. The van der Waals surface area contributed by atoms with Gasteiger partial charge in [0.1, 0.15) is 17.2 Å². The van der Waals surface area contributed by atoms with E-state index in [0.29, 0.717) is 29.4 Å². The molecule has 4 rings (SSSR count). The molecule has 0 saturated carbocycles. The van der Waals surface area contributed by atoms with Crippen LogP contribution in [0.3, 0.4) is 0 Å². The van der Waals surface area contributed by atoms with Crippen molar-refractivity contribution >= 4 is 5.91 Å². The predicted octanol–water partition coefficient (Wildman–Crippen LogP) is 3.49. The van der Waals surface area contributed by atoms with Gasteiger partial charge in [0.2, 0.25) is 0 Å². The molecule has 0 spiro atoms. The van der Waals surface area contributed by atoms with Gasteiger partial charge in [0, 0.05) is 19.2 Å². The standard InChI is InChI=1S/C21H23FN4O2/c22-16-6-8-17(9-7-16)26-19(15-18(24-26)20-5-4-14-28-20)21(27)23-10-13-25-11-2-1-3-12-25/h4-9,14-15H,1-3,10-13H2,(H,23,27). The predicted molar refractivity (Wildman–Crippen MR) is 104 cm³/mol. The van der Waals surface area contributed by atoms with Gasteiger partial charge in [0.25, 0.3) is 5.91 Å². The Kier molecular flexibility index (Phi) is 5.53. The van der Waals surface area contributed by atoms with Gasteiger partial charge < -0.3 is 14.6 Å². The number of carbonyl (C=O) groups excluding carboxylic acids is 1. The number of piperidine rings is 1. The quantitative estimate of drug-likeness (QED) is 0.709. The summed E-state index contributed by atoms with van der Waals surface area (Å²) in [5.41, 5.74) is 1.55. The maximum Gasteiger partial charge on any atom is 0.270 e. The molecular weight excluding hydrogens is 359 g/mol. The zero-order chi connectivity index (χ0) is 19.3. The number of likely N-dealkylation sites (tertiary alicyclic amines) is 1. The molecule has 0 bridgehead atoms. The first-order chi connectivity index (χ1) is 13.7. The van der Waals surface area contributed by atoms with Gasteiger partial charge in [-0.1, -0.05) is 6.42 Å². The fraction of sp³-hybridized carbons (Fsp3) is 0.333. The largest absolute Gasteiger partial charge is 0.463 e. The summed E-state index contributed by atoms with van der Waals surface area (Å²) in [6.45, 7) is 3.59. The molecule has 2 aromatic heterocycles. The van der Waals surface area contributed by atoms with Crippen LogP contribution in [0.5, 0.6) is 0 Å². The molecule has 3 heterocycles. The maximum absolute atomic E-state index is 13.3. The zero-order valence-electron chi connectivity index (χ0n) is 15.6. The van der Waals surface area contributed by atoms with Gasteiger partial charge in [-0.2, -0.15) is 5.10 Å². The van der Waals surface area contributed by atoms with E-state index in [1.165, 1.54) is 36.1 Å². The molecule has 1 amide bonds. The SMILES string of the molecule is O=C(NCCN1CCCCC1)c1cc(-c2ccco2)nn1-c1ccc(F)cc1. The van der Waals surface area contributed by atoms with E-state index in [9.17, 15) is 9.18 Å². The van der Waals surface area contributed by atoms with Crippen molar-refractivity contribution in [3.05, 3.63) is 60.2 Å². The van der Waals surface area contributed by atoms with Gasteiger partial charge in [-0.25, -0.2) is 9.07 Å². The number of nitrogens with zero attached hydrogens (tertiary/aromatic N) is 3. The fourth-order valence-corrected chi connectivity index (χ4v) is 3.47. The Morgan fingerprint density at radius 2 is 1.93 bits per heavy atom. The molecule has 6 nitrogen and oxygen atoms in total. The molecular formula is C21H23FN4O2. The number of carbonyl (C=O) groups is 1. The van der Waals surface area contributed by atoms with Crippen LogP contribution in [-0.2, 0) is 0 Å². The van der Waals surface area contributed by atoms with Crippen molar-refractivity contribution in [1.29, 1.82) is 0 Å². The van der Waals surface area contributed by atoms with Crippen LogP contribution in [0.2, 0.25) is 0 Å². The summed E-state index contributed by atoms with van der Waals surface area (Å²) < 4.78 is 20.2. The summed E-state index contributed by atoms with van der Waals surface area (Å²) in [5.74, 6) is 0.0181. The summed E-state index contributed by atoms with van der Waals surface area (Å²) in [6, 6.07) is 11.1. The van der Waals surface area contributed by atoms with Crippen LogP contribution < -0.4 is 5.32 Å². The van der Waals surface area contributed by atoms with Crippen molar-refractivity contribution in [3.63, 3.8) is 0 Å². The molecule has 3 aromatic rings. The lowest BCUT2D eigenvalue weighted by Crippen LogP contribution is -2.38. The second kappa shape index (κ2) is 8.39. The Labute approximate surface area is 162 Å². The van der Waals surface area contributed by atoms with Crippen molar-refractivity contribution in [2.45, 2.75) is 19.3 Å². The van der Waals surface area contributed by atoms with Crippen LogP contribution in [0.25, 0.3) is 17.1 Å². The summed E-state index contributed by atoms with van der Waals surface area (Å²) >= 11 is 0. The molecule has 1 fully saturated rings. The van der Waals surface area contributed by atoms with Crippen LogP contribution in [0.1, 0.15) is 29.8 Å². The number of halogens is 1. The lowest BCUT2D eigenvalue weighted by molar-refractivity contribution is 0.0939. The van der Waals surface area contributed by atoms with Gasteiger partial charge >= 0.3 is 0 Å². The zero-order valence-corrected chi connectivity index (χ0v) is 15.6. The van der Waals surface area contributed by atoms with E-state index in [4.69, 9.17) is 4.42 Å². The Hall–Kier alpha value is -2.93. The molecule has 1 aliphatic rings. The van der Waals surface area contributed by atoms with Crippen LogP contribution in [0.4, 0.5) is 4.39 Å². The minimum Gasteiger partial charge on any atom is -0.463 e. The Balaban J connectivity index is 1.53. The Morgan fingerprint density at radius 1 is 1.14 bits per heavy atom. The molecule has 0 unspecified atom stereocenters. The highest BCUT2D eigenvalue weighted by Crippen LogP contribution is 2.22. The lowest BCUT2D eigenvalue weighted by Gasteiger charge is -2.26. The molecule has 28 heavy (non-hydrogen) atoms. The van der Waals surface area contributed by atoms with E-state index in [1.54, 1.807) is 36.6 Å². The number of hydrogen-bond donors (Lipinski definition) is 1. The molecule has 0 aliphatic carbocycles. The normalized spacial score (nSPS) is 14.9. The molecule has 0 radical (unpaired) electrons. The van der Waals surface area contributed by atoms with Crippen molar-refractivity contribution in [1.82, 2.24) is 20.0 Å². The van der Waals surface area contributed by atoms with Crippen molar-refractivity contribution in [3.8, 4) is 17.1 Å². The first-order valence-electron chi connectivity index (χ1n) is 9.61. The molecule has 1 N–H and O–H groups in total. The second-order valence-corrected chi connectivity index (χ2v) is 6.94.